The van der Waals surface area contributed by atoms with Gasteiger partial charge < -0.3 is 10.6 Å². The minimum absolute atomic E-state index is 0.129. The zero-order valence-corrected chi connectivity index (χ0v) is 15.4. The highest BCUT2D eigenvalue weighted by Gasteiger charge is 2.15. The van der Waals surface area contributed by atoms with E-state index in [4.69, 9.17) is 11.6 Å². The quantitative estimate of drug-likeness (QED) is 0.692. The molecular weight excluding hydrogens is 356 g/mol. The molecule has 0 bridgehead atoms. The molecule has 2 aromatic heterocycles. The van der Waals surface area contributed by atoms with Gasteiger partial charge in [0.25, 0.3) is 5.91 Å². The van der Waals surface area contributed by atoms with Crippen LogP contribution in [0.1, 0.15) is 26.5 Å². The highest BCUT2D eigenvalue weighted by Crippen LogP contribution is 2.25. The molecule has 0 saturated carbocycles. The molecule has 0 radical (unpaired) electrons. The van der Waals surface area contributed by atoms with Crippen molar-refractivity contribution in [2.24, 2.45) is 0 Å². The summed E-state index contributed by atoms with van der Waals surface area (Å²) in [7, 11) is 0. The fourth-order valence-corrected chi connectivity index (χ4v) is 3.29. The van der Waals surface area contributed by atoms with Crippen molar-refractivity contribution in [1.29, 1.82) is 0 Å². The molecule has 1 amide bonds. The van der Waals surface area contributed by atoms with Gasteiger partial charge in [0.05, 0.1) is 10.7 Å². The van der Waals surface area contributed by atoms with Crippen LogP contribution in [-0.2, 0) is 6.54 Å². The number of pyridine rings is 1. The number of nitrogens with one attached hydrogen (secondary N) is 2. The minimum atomic E-state index is -0.129. The van der Waals surface area contributed by atoms with Crippen molar-refractivity contribution in [1.82, 2.24) is 15.3 Å². The smallest absolute Gasteiger partial charge is 0.263 e. The number of amides is 1. The van der Waals surface area contributed by atoms with E-state index in [1.54, 1.807) is 18.3 Å². The van der Waals surface area contributed by atoms with E-state index in [2.05, 4.69) is 20.6 Å². The van der Waals surface area contributed by atoms with Crippen molar-refractivity contribution < 1.29 is 4.79 Å². The Balaban J connectivity index is 1.68. The lowest BCUT2D eigenvalue weighted by atomic mass is 10.1. The molecule has 128 valence electrons. The molecule has 3 rings (SSSR count). The maximum Gasteiger partial charge on any atom is 0.263 e. The van der Waals surface area contributed by atoms with Crippen molar-refractivity contribution in [3.63, 3.8) is 0 Å². The topological polar surface area (TPSA) is 66.9 Å². The number of thiazole rings is 1. The lowest BCUT2D eigenvalue weighted by molar-refractivity contribution is 0.0954. The van der Waals surface area contributed by atoms with E-state index in [0.29, 0.717) is 33.1 Å². The summed E-state index contributed by atoms with van der Waals surface area (Å²) in [5.74, 6) is 0.500. The molecule has 0 unspecified atom stereocenters. The van der Waals surface area contributed by atoms with Crippen LogP contribution in [0.5, 0.6) is 0 Å². The normalized spacial score (nSPS) is 10.5. The summed E-state index contributed by atoms with van der Waals surface area (Å²) in [6.45, 7) is 4.34. The molecule has 5 nitrogen and oxygen atoms in total. The van der Waals surface area contributed by atoms with Crippen LogP contribution in [0.3, 0.4) is 0 Å². The van der Waals surface area contributed by atoms with Crippen LogP contribution in [0.15, 0.2) is 42.6 Å². The van der Waals surface area contributed by atoms with Crippen molar-refractivity contribution in [2.75, 3.05) is 5.32 Å². The third-order valence-electron chi connectivity index (χ3n) is 3.67. The van der Waals surface area contributed by atoms with Gasteiger partial charge in [-0.3, -0.25) is 4.79 Å². The first-order chi connectivity index (χ1) is 12.0. The monoisotopic (exact) mass is 372 g/mol. The molecule has 0 fully saturated rings. The highest BCUT2D eigenvalue weighted by molar-refractivity contribution is 7.17. The van der Waals surface area contributed by atoms with Crippen LogP contribution in [-0.4, -0.2) is 15.9 Å². The molecule has 3 aromatic rings. The van der Waals surface area contributed by atoms with Crippen molar-refractivity contribution >= 4 is 39.8 Å². The molecule has 7 heteroatoms. The van der Waals surface area contributed by atoms with Crippen molar-refractivity contribution in [2.45, 2.75) is 20.4 Å². The van der Waals surface area contributed by atoms with Crippen LogP contribution < -0.4 is 10.6 Å². The van der Waals surface area contributed by atoms with Gasteiger partial charge in [-0.2, -0.15) is 0 Å². The minimum Gasteiger partial charge on any atom is -0.347 e. The first-order valence-electron chi connectivity index (χ1n) is 7.71. The molecule has 0 atom stereocenters. The summed E-state index contributed by atoms with van der Waals surface area (Å²) in [6.07, 6.45) is 1.56. The lowest BCUT2D eigenvalue weighted by Crippen LogP contribution is -2.22. The second-order valence-electron chi connectivity index (χ2n) is 5.53. The summed E-state index contributed by atoms with van der Waals surface area (Å²) in [4.78, 5) is 21.6. The second-order valence-corrected chi connectivity index (χ2v) is 6.96. The maximum atomic E-state index is 12.5. The molecule has 1 aromatic carbocycles. The Labute approximate surface area is 155 Å². The van der Waals surface area contributed by atoms with Gasteiger partial charge in [0.15, 0.2) is 5.13 Å². The Morgan fingerprint density at radius 2 is 2.00 bits per heavy atom. The van der Waals surface area contributed by atoms with Gasteiger partial charge in [-0.25, -0.2) is 9.97 Å². The fraction of sp³-hybridized carbons (Fsp3) is 0.167. The second kappa shape index (κ2) is 7.63. The number of hydrogen-bond donors (Lipinski definition) is 2. The molecule has 0 saturated heterocycles. The summed E-state index contributed by atoms with van der Waals surface area (Å²) < 4.78 is 0. The average Bonchev–Trinajstić information content (AvgIpc) is 2.96. The zero-order chi connectivity index (χ0) is 17.8. The Morgan fingerprint density at radius 3 is 2.72 bits per heavy atom. The van der Waals surface area contributed by atoms with Gasteiger partial charge in [0.2, 0.25) is 0 Å². The zero-order valence-electron chi connectivity index (χ0n) is 13.8. The SMILES string of the molecule is Cc1ccccc1CNC(=O)c1sc(Nc2ccc(Cl)cn2)nc1C. The average molecular weight is 373 g/mol. The molecule has 0 aliphatic carbocycles. The predicted molar refractivity (Wildman–Crippen MR) is 102 cm³/mol. The van der Waals surface area contributed by atoms with Gasteiger partial charge in [-0.15, -0.1) is 0 Å². The van der Waals surface area contributed by atoms with Crippen LogP contribution in [0.2, 0.25) is 5.02 Å². The summed E-state index contributed by atoms with van der Waals surface area (Å²) in [5, 5.41) is 7.23. The molecule has 25 heavy (non-hydrogen) atoms. The molecule has 0 spiro atoms. The number of aromatic nitrogens is 2. The highest BCUT2D eigenvalue weighted by atomic mass is 35.5. The van der Waals surface area contributed by atoms with E-state index >= 15 is 0 Å². The lowest BCUT2D eigenvalue weighted by Gasteiger charge is -2.07. The number of carbonyl (C=O) groups is 1. The summed E-state index contributed by atoms with van der Waals surface area (Å²) in [5.41, 5.74) is 2.94. The first kappa shape index (κ1) is 17.4. The number of nitrogens with zero attached hydrogens (tertiary/aromatic N) is 2. The number of benzene rings is 1. The number of anilines is 2. The van der Waals surface area contributed by atoms with Gasteiger partial charge in [0.1, 0.15) is 10.7 Å². The van der Waals surface area contributed by atoms with Crippen LogP contribution in [0.25, 0.3) is 0 Å². The maximum absolute atomic E-state index is 12.5. The summed E-state index contributed by atoms with van der Waals surface area (Å²) >= 11 is 7.12. The molecule has 0 aliphatic heterocycles. The van der Waals surface area contributed by atoms with E-state index in [1.165, 1.54) is 11.3 Å². The number of rotatable bonds is 5. The Kier molecular flexibility index (Phi) is 5.31. The van der Waals surface area contributed by atoms with E-state index in [-0.39, 0.29) is 5.91 Å². The first-order valence-corrected chi connectivity index (χ1v) is 8.91. The molecular formula is C18H17ClN4OS. The Hall–Kier alpha value is -2.44. The van der Waals surface area contributed by atoms with Gasteiger partial charge in [-0.1, -0.05) is 47.2 Å². The number of hydrogen-bond acceptors (Lipinski definition) is 5. The van der Waals surface area contributed by atoms with Crippen LogP contribution >= 0.6 is 22.9 Å². The summed E-state index contributed by atoms with van der Waals surface area (Å²) in [6, 6.07) is 11.5. The third kappa shape index (κ3) is 4.35. The Morgan fingerprint density at radius 1 is 1.20 bits per heavy atom. The van der Waals surface area contributed by atoms with E-state index in [0.717, 1.165) is 11.1 Å². The number of carbonyl (C=O) groups excluding carboxylic acids is 1. The molecule has 2 heterocycles. The van der Waals surface area contributed by atoms with E-state index in [9.17, 15) is 4.79 Å². The van der Waals surface area contributed by atoms with Crippen molar-refractivity contribution in [3.8, 4) is 0 Å². The van der Waals surface area contributed by atoms with Gasteiger partial charge in [-0.05, 0) is 37.1 Å². The Bertz CT molecular complexity index is 892. The third-order valence-corrected chi connectivity index (χ3v) is 4.96. The molecule has 0 aliphatic rings. The standard InChI is InChI=1S/C18H17ClN4OS/c1-11-5-3-4-6-13(11)9-21-17(24)16-12(2)22-18(25-16)23-15-8-7-14(19)10-20-15/h3-8,10H,9H2,1-2H3,(H,21,24)(H,20,22,23). The fourth-order valence-electron chi connectivity index (χ4n) is 2.28. The predicted octanol–water partition coefficient (Wildman–Crippen LogP) is 4.48. The van der Waals surface area contributed by atoms with Crippen LogP contribution in [0.4, 0.5) is 10.9 Å². The number of aryl methyl sites for hydroxylation is 2. The van der Waals surface area contributed by atoms with E-state index < -0.39 is 0 Å². The van der Waals surface area contributed by atoms with Crippen molar-refractivity contribution in [3.05, 3.63) is 69.3 Å². The largest absolute Gasteiger partial charge is 0.347 e. The van der Waals surface area contributed by atoms with Crippen LogP contribution in [0, 0.1) is 13.8 Å². The van der Waals surface area contributed by atoms with Gasteiger partial charge in [0, 0.05) is 12.7 Å². The number of halogens is 1. The molecule has 2 N–H and O–H groups in total. The van der Waals surface area contributed by atoms with E-state index in [1.807, 2.05) is 38.1 Å². The van der Waals surface area contributed by atoms with Gasteiger partial charge >= 0.3 is 0 Å².